The van der Waals surface area contributed by atoms with Gasteiger partial charge in [0.05, 0.1) is 12.3 Å². The number of ether oxygens (including phenoxy) is 1. The number of aromatic amines is 1. The summed E-state index contributed by atoms with van der Waals surface area (Å²) in [6, 6.07) is 3.94. The number of nitrogens with one attached hydrogen (secondary N) is 1. The van der Waals surface area contributed by atoms with E-state index in [1.54, 1.807) is 6.92 Å². The van der Waals surface area contributed by atoms with E-state index in [1.165, 1.54) is 12.1 Å². The molecule has 2 aromatic rings. The van der Waals surface area contributed by atoms with Crippen molar-refractivity contribution >= 4 is 5.97 Å². The van der Waals surface area contributed by atoms with E-state index in [9.17, 15) is 14.0 Å². The Kier molecular flexibility index (Phi) is 3.79. The summed E-state index contributed by atoms with van der Waals surface area (Å²) < 4.78 is 18.8. The maximum atomic E-state index is 13.8. The largest absolute Gasteiger partial charge is 0.491 e. The normalized spacial score (nSPS) is 10.3. The molecule has 0 unspecified atom stereocenters. The smallest absolute Gasteiger partial charge is 0.345 e. The number of aromatic nitrogens is 2. The SMILES string of the molecule is CCOc1ccc(-c2[nH]c(=O)ncc2C(=O)O)cc1F. The number of aromatic carboxylic acids is 1. The maximum Gasteiger partial charge on any atom is 0.345 e. The lowest BCUT2D eigenvalue weighted by atomic mass is 10.1. The molecule has 0 fully saturated rings. The molecule has 1 aromatic heterocycles. The minimum absolute atomic E-state index is 0.000511. The molecule has 1 heterocycles. The van der Waals surface area contributed by atoms with E-state index in [0.29, 0.717) is 6.61 Å². The van der Waals surface area contributed by atoms with Crippen LogP contribution in [0.4, 0.5) is 4.39 Å². The van der Waals surface area contributed by atoms with Crippen molar-refractivity contribution in [1.29, 1.82) is 0 Å². The molecule has 0 bridgehead atoms. The van der Waals surface area contributed by atoms with E-state index >= 15 is 0 Å². The summed E-state index contributed by atoms with van der Waals surface area (Å²) >= 11 is 0. The Bertz CT molecular complexity index is 712. The van der Waals surface area contributed by atoms with Gasteiger partial charge >= 0.3 is 11.7 Å². The number of rotatable bonds is 4. The predicted molar refractivity (Wildman–Crippen MR) is 68.4 cm³/mol. The minimum atomic E-state index is -1.27. The zero-order valence-electron chi connectivity index (χ0n) is 10.5. The first-order chi connectivity index (χ1) is 9.52. The Labute approximate surface area is 112 Å². The maximum absolute atomic E-state index is 13.8. The number of carboxylic acid groups (broad SMARTS) is 1. The van der Waals surface area contributed by atoms with Crippen molar-refractivity contribution in [2.45, 2.75) is 6.92 Å². The second-order valence-corrected chi connectivity index (χ2v) is 3.86. The van der Waals surface area contributed by atoms with Crippen molar-refractivity contribution < 1.29 is 19.0 Å². The fourth-order valence-electron chi connectivity index (χ4n) is 1.71. The Balaban J connectivity index is 2.56. The van der Waals surface area contributed by atoms with Crippen LogP contribution < -0.4 is 10.4 Å². The number of carboxylic acids is 1. The van der Waals surface area contributed by atoms with Gasteiger partial charge in [0.25, 0.3) is 0 Å². The summed E-state index contributed by atoms with van der Waals surface area (Å²) in [5.74, 6) is -1.85. The van der Waals surface area contributed by atoms with Crippen LogP contribution in [-0.2, 0) is 0 Å². The van der Waals surface area contributed by atoms with Crippen molar-refractivity contribution in [1.82, 2.24) is 9.97 Å². The number of nitrogens with zero attached hydrogens (tertiary/aromatic N) is 1. The van der Waals surface area contributed by atoms with Gasteiger partial charge in [0.2, 0.25) is 0 Å². The number of hydrogen-bond acceptors (Lipinski definition) is 4. The molecule has 0 amide bonds. The zero-order valence-corrected chi connectivity index (χ0v) is 10.5. The van der Waals surface area contributed by atoms with E-state index in [1.807, 2.05) is 0 Å². The highest BCUT2D eigenvalue weighted by Crippen LogP contribution is 2.25. The van der Waals surface area contributed by atoms with Crippen LogP contribution in [0.25, 0.3) is 11.3 Å². The average Bonchev–Trinajstić information content (AvgIpc) is 2.40. The van der Waals surface area contributed by atoms with Crippen molar-refractivity contribution in [3.63, 3.8) is 0 Å². The van der Waals surface area contributed by atoms with E-state index < -0.39 is 17.5 Å². The van der Waals surface area contributed by atoms with Crippen molar-refractivity contribution in [2.24, 2.45) is 0 Å². The van der Waals surface area contributed by atoms with Gasteiger partial charge in [0.1, 0.15) is 5.56 Å². The number of hydrogen-bond donors (Lipinski definition) is 2. The molecule has 20 heavy (non-hydrogen) atoms. The molecule has 0 saturated carbocycles. The van der Waals surface area contributed by atoms with Gasteiger partial charge < -0.3 is 14.8 Å². The Morgan fingerprint density at radius 1 is 1.50 bits per heavy atom. The summed E-state index contributed by atoms with van der Waals surface area (Å²) in [6.07, 6.45) is 0.935. The lowest BCUT2D eigenvalue weighted by Gasteiger charge is -2.08. The molecule has 104 valence electrons. The van der Waals surface area contributed by atoms with E-state index in [4.69, 9.17) is 9.84 Å². The molecule has 0 aliphatic carbocycles. The van der Waals surface area contributed by atoms with Gasteiger partial charge in [0, 0.05) is 11.8 Å². The summed E-state index contributed by atoms with van der Waals surface area (Å²) in [6.45, 7) is 2.03. The summed E-state index contributed by atoms with van der Waals surface area (Å²) in [4.78, 5) is 27.9. The van der Waals surface area contributed by atoms with E-state index in [0.717, 1.165) is 12.3 Å². The number of halogens is 1. The van der Waals surface area contributed by atoms with Gasteiger partial charge in [-0.05, 0) is 25.1 Å². The Morgan fingerprint density at radius 2 is 2.25 bits per heavy atom. The van der Waals surface area contributed by atoms with E-state index in [-0.39, 0.29) is 22.6 Å². The third-order valence-electron chi connectivity index (χ3n) is 2.56. The molecular weight excluding hydrogens is 267 g/mol. The molecule has 0 aliphatic rings. The number of H-pyrrole nitrogens is 1. The van der Waals surface area contributed by atoms with Crippen LogP contribution in [0.1, 0.15) is 17.3 Å². The third-order valence-corrected chi connectivity index (χ3v) is 2.56. The highest BCUT2D eigenvalue weighted by Gasteiger charge is 2.15. The average molecular weight is 278 g/mol. The van der Waals surface area contributed by atoms with Gasteiger partial charge in [0.15, 0.2) is 11.6 Å². The van der Waals surface area contributed by atoms with Crippen LogP contribution in [-0.4, -0.2) is 27.7 Å². The Hall–Kier alpha value is -2.70. The molecule has 0 radical (unpaired) electrons. The Morgan fingerprint density at radius 3 is 2.85 bits per heavy atom. The fraction of sp³-hybridized carbons (Fsp3) is 0.154. The quantitative estimate of drug-likeness (QED) is 0.887. The molecule has 6 nitrogen and oxygen atoms in total. The van der Waals surface area contributed by atoms with Crippen LogP contribution in [0.2, 0.25) is 0 Å². The molecule has 0 saturated heterocycles. The number of carbonyl (C=O) groups is 1. The van der Waals surface area contributed by atoms with Gasteiger partial charge in [-0.25, -0.2) is 19.0 Å². The first-order valence-corrected chi connectivity index (χ1v) is 5.78. The van der Waals surface area contributed by atoms with Crippen LogP contribution >= 0.6 is 0 Å². The molecule has 2 rings (SSSR count). The van der Waals surface area contributed by atoms with Crippen LogP contribution in [0.15, 0.2) is 29.2 Å². The number of benzene rings is 1. The molecule has 0 aliphatic heterocycles. The second-order valence-electron chi connectivity index (χ2n) is 3.86. The van der Waals surface area contributed by atoms with Crippen LogP contribution in [0, 0.1) is 5.82 Å². The van der Waals surface area contributed by atoms with E-state index in [2.05, 4.69) is 9.97 Å². The summed E-state index contributed by atoms with van der Waals surface area (Å²) in [7, 11) is 0. The van der Waals surface area contributed by atoms with Crippen molar-refractivity contribution in [3.8, 4) is 17.0 Å². The minimum Gasteiger partial charge on any atom is -0.491 e. The predicted octanol–water partition coefficient (Wildman–Crippen LogP) is 1.67. The summed E-state index contributed by atoms with van der Waals surface area (Å²) in [5.41, 5.74) is -0.699. The second kappa shape index (κ2) is 5.52. The zero-order chi connectivity index (χ0) is 14.7. The van der Waals surface area contributed by atoms with Crippen molar-refractivity contribution in [3.05, 3.63) is 46.3 Å². The van der Waals surface area contributed by atoms with Gasteiger partial charge in [-0.2, -0.15) is 0 Å². The van der Waals surface area contributed by atoms with Gasteiger partial charge in [-0.3, -0.25) is 0 Å². The first kappa shape index (κ1) is 13.7. The molecule has 7 heteroatoms. The highest BCUT2D eigenvalue weighted by molar-refractivity contribution is 5.94. The molecule has 2 N–H and O–H groups in total. The molecule has 1 aromatic carbocycles. The first-order valence-electron chi connectivity index (χ1n) is 5.78. The topological polar surface area (TPSA) is 92.3 Å². The fourth-order valence-corrected chi connectivity index (χ4v) is 1.71. The van der Waals surface area contributed by atoms with Gasteiger partial charge in [-0.15, -0.1) is 0 Å². The lowest BCUT2D eigenvalue weighted by Crippen LogP contribution is -2.15. The van der Waals surface area contributed by atoms with Crippen LogP contribution in [0.3, 0.4) is 0 Å². The standard InChI is InChI=1S/C13H11FN2O4/c1-2-20-10-4-3-7(5-9(10)14)11-8(12(17)18)6-15-13(19)16-11/h3-6H,2H2,1H3,(H,17,18)(H,15,16,19). The monoisotopic (exact) mass is 278 g/mol. The van der Waals surface area contributed by atoms with Crippen LogP contribution in [0.5, 0.6) is 5.75 Å². The third kappa shape index (κ3) is 2.66. The van der Waals surface area contributed by atoms with Gasteiger partial charge in [-0.1, -0.05) is 0 Å². The lowest BCUT2D eigenvalue weighted by molar-refractivity contribution is 0.0697. The molecule has 0 atom stereocenters. The highest BCUT2D eigenvalue weighted by atomic mass is 19.1. The summed E-state index contributed by atoms with van der Waals surface area (Å²) in [5, 5.41) is 9.05. The molecular formula is C13H11FN2O4. The van der Waals surface area contributed by atoms with Crippen molar-refractivity contribution in [2.75, 3.05) is 6.61 Å². The molecule has 0 spiro atoms.